The number of nitrogens with zero attached hydrogens (tertiary/aromatic N) is 1. The number of piperidine rings is 1. The molecule has 1 aliphatic heterocycles. The van der Waals surface area contributed by atoms with Gasteiger partial charge in [-0.15, -0.1) is 0 Å². The minimum atomic E-state index is -0.158. The first kappa shape index (κ1) is 15.0. The van der Waals surface area contributed by atoms with Crippen molar-refractivity contribution in [2.75, 3.05) is 11.9 Å². The molecule has 1 saturated heterocycles. The van der Waals surface area contributed by atoms with Crippen LogP contribution in [0.1, 0.15) is 32.3 Å². The lowest BCUT2D eigenvalue weighted by Gasteiger charge is -2.38. The number of nitrogens with one attached hydrogen (secondary N) is 2. The van der Waals surface area contributed by atoms with Crippen molar-refractivity contribution in [2.24, 2.45) is 5.41 Å². The van der Waals surface area contributed by atoms with Crippen LogP contribution in [0.15, 0.2) is 30.5 Å². The number of aryl methyl sites for hydroxylation is 1. The first-order valence-corrected chi connectivity index (χ1v) is 7.88. The number of fused-ring (bicyclic) bond motifs is 1. The van der Waals surface area contributed by atoms with Gasteiger partial charge in [-0.2, -0.15) is 0 Å². The molecule has 0 spiro atoms. The lowest BCUT2D eigenvalue weighted by Crippen LogP contribution is -2.53. The third kappa shape index (κ3) is 2.71. The van der Waals surface area contributed by atoms with Crippen LogP contribution in [0.25, 0.3) is 10.9 Å². The number of anilines is 1. The van der Waals surface area contributed by atoms with E-state index in [9.17, 15) is 4.79 Å². The Kier molecular flexibility index (Phi) is 3.87. The van der Waals surface area contributed by atoms with E-state index in [0.29, 0.717) is 0 Å². The fourth-order valence-electron chi connectivity index (χ4n) is 3.29. The first-order chi connectivity index (χ1) is 10.5. The molecule has 0 saturated carbocycles. The van der Waals surface area contributed by atoms with Crippen LogP contribution in [-0.4, -0.2) is 23.5 Å². The van der Waals surface area contributed by atoms with Crippen molar-refractivity contribution >= 4 is 22.5 Å². The third-order valence-corrected chi connectivity index (χ3v) is 4.62. The molecule has 0 bridgehead atoms. The van der Waals surface area contributed by atoms with E-state index in [1.807, 2.05) is 31.2 Å². The molecule has 1 aliphatic rings. The summed E-state index contributed by atoms with van der Waals surface area (Å²) in [6, 6.07) is 7.72. The van der Waals surface area contributed by atoms with Gasteiger partial charge in [0.15, 0.2) is 0 Å². The van der Waals surface area contributed by atoms with Gasteiger partial charge in [-0.1, -0.05) is 19.9 Å². The van der Waals surface area contributed by atoms with E-state index in [-0.39, 0.29) is 17.4 Å². The molecular weight excluding hydrogens is 274 g/mol. The fraction of sp³-hybridized carbons (Fsp3) is 0.444. The quantitative estimate of drug-likeness (QED) is 0.894. The van der Waals surface area contributed by atoms with E-state index in [2.05, 4.69) is 29.5 Å². The maximum absolute atomic E-state index is 12.7. The molecule has 4 nitrogen and oxygen atoms in total. The molecule has 1 aromatic carbocycles. The highest BCUT2D eigenvalue weighted by Crippen LogP contribution is 2.31. The summed E-state index contributed by atoms with van der Waals surface area (Å²) in [5, 5.41) is 7.45. The molecule has 2 aromatic rings. The Morgan fingerprint density at radius 2 is 2.18 bits per heavy atom. The van der Waals surface area contributed by atoms with Gasteiger partial charge in [-0.3, -0.25) is 9.78 Å². The van der Waals surface area contributed by atoms with Gasteiger partial charge in [0.05, 0.1) is 17.2 Å². The van der Waals surface area contributed by atoms with Gasteiger partial charge in [0.1, 0.15) is 0 Å². The number of hydrogen-bond acceptors (Lipinski definition) is 3. The molecule has 3 rings (SSSR count). The van der Waals surface area contributed by atoms with Gasteiger partial charge in [0.2, 0.25) is 5.91 Å². The molecule has 1 unspecified atom stereocenters. The van der Waals surface area contributed by atoms with Crippen LogP contribution in [0.3, 0.4) is 0 Å². The molecule has 22 heavy (non-hydrogen) atoms. The zero-order valence-corrected chi connectivity index (χ0v) is 13.4. The highest BCUT2D eigenvalue weighted by Gasteiger charge is 2.37. The standard InChI is InChI=1S/C18H23N3O/c1-12-7-8-14(13-6-4-10-19-15(12)13)21-17(22)16-18(2,3)9-5-11-20-16/h4,6-8,10,16,20H,5,9,11H2,1-3H3,(H,21,22). The molecule has 1 fully saturated rings. The molecule has 1 atom stereocenters. The average Bonchev–Trinajstić information content (AvgIpc) is 2.50. The third-order valence-electron chi connectivity index (χ3n) is 4.62. The van der Waals surface area contributed by atoms with Crippen molar-refractivity contribution in [2.45, 2.75) is 39.7 Å². The number of benzene rings is 1. The average molecular weight is 297 g/mol. The van der Waals surface area contributed by atoms with Crippen molar-refractivity contribution in [3.05, 3.63) is 36.0 Å². The number of hydrogen-bond donors (Lipinski definition) is 2. The second kappa shape index (κ2) is 5.69. The van der Waals surface area contributed by atoms with Crippen LogP contribution < -0.4 is 10.6 Å². The minimum absolute atomic E-state index is 0.0267. The molecule has 4 heteroatoms. The summed E-state index contributed by atoms with van der Waals surface area (Å²) in [5.41, 5.74) is 2.86. The Hall–Kier alpha value is -1.94. The largest absolute Gasteiger partial charge is 0.324 e. The van der Waals surface area contributed by atoms with E-state index in [1.165, 1.54) is 0 Å². The molecule has 116 valence electrons. The topological polar surface area (TPSA) is 54.0 Å². The summed E-state index contributed by atoms with van der Waals surface area (Å²) in [4.78, 5) is 17.1. The molecule has 0 aliphatic carbocycles. The second-order valence-corrected chi connectivity index (χ2v) is 6.80. The summed E-state index contributed by atoms with van der Waals surface area (Å²) in [7, 11) is 0. The molecule has 2 heterocycles. The molecule has 2 N–H and O–H groups in total. The van der Waals surface area contributed by atoms with Gasteiger partial charge >= 0.3 is 0 Å². The van der Waals surface area contributed by atoms with Crippen molar-refractivity contribution in [3.63, 3.8) is 0 Å². The van der Waals surface area contributed by atoms with Gasteiger partial charge in [-0.25, -0.2) is 0 Å². The van der Waals surface area contributed by atoms with Crippen LogP contribution in [0.4, 0.5) is 5.69 Å². The normalized spacial score (nSPS) is 20.8. The van der Waals surface area contributed by atoms with Crippen LogP contribution >= 0.6 is 0 Å². The predicted octanol–water partition coefficient (Wildman–Crippen LogP) is 3.26. The van der Waals surface area contributed by atoms with E-state index in [0.717, 1.165) is 41.5 Å². The SMILES string of the molecule is Cc1ccc(NC(=O)C2NCCCC2(C)C)c2cccnc12. The number of carbonyl (C=O) groups is 1. The Bertz CT molecular complexity index is 709. The smallest absolute Gasteiger partial charge is 0.242 e. The number of rotatable bonds is 2. The zero-order valence-electron chi connectivity index (χ0n) is 13.4. The minimum Gasteiger partial charge on any atom is -0.324 e. The summed E-state index contributed by atoms with van der Waals surface area (Å²) in [6.07, 6.45) is 3.97. The zero-order chi connectivity index (χ0) is 15.7. The molecule has 1 aromatic heterocycles. The number of pyridine rings is 1. The second-order valence-electron chi connectivity index (χ2n) is 6.80. The Morgan fingerprint density at radius 1 is 1.36 bits per heavy atom. The van der Waals surface area contributed by atoms with E-state index >= 15 is 0 Å². The van der Waals surface area contributed by atoms with Gasteiger partial charge in [-0.05, 0) is 55.5 Å². The molecular formula is C18H23N3O. The monoisotopic (exact) mass is 297 g/mol. The number of aromatic nitrogens is 1. The van der Waals surface area contributed by atoms with Crippen LogP contribution in [0.5, 0.6) is 0 Å². The number of carbonyl (C=O) groups excluding carboxylic acids is 1. The van der Waals surface area contributed by atoms with Crippen molar-refractivity contribution in [1.29, 1.82) is 0 Å². The summed E-state index contributed by atoms with van der Waals surface area (Å²) in [5.74, 6) is 0.0405. The van der Waals surface area contributed by atoms with Crippen molar-refractivity contribution in [1.82, 2.24) is 10.3 Å². The molecule has 1 amide bonds. The van der Waals surface area contributed by atoms with Crippen molar-refractivity contribution in [3.8, 4) is 0 Å². The van der Waals surface area contributed by atoms with Crippen LogP contribution in [0, 0.1) is 12.3 Å². The Labute approximate surface area is 131 Å². The van der Waals surface area contributed by atoms with Crippen molar-refractivity contribution < 1.29 is 4.79 Å². The van der Waals surface area contributed by atoms with E-state index < -0.39 is 0 Å². The summed E-state index contributed by atoms with van der Waals surface area (Å²) < 4.78 is 0. The van der Waals surface area contributed by atoms with Crippen LogP contribution in [-0.2, 0) is 4.79 Å². The highest BCUT2D eigenvalue weighted by molar-refractivity contribution is 6.03. The Morgan fingerprint density at radius 3 is 2.95 bits per heavy atom. The molecule has 0 radical (unpaired) electrons. The highest BCUT2D eigenvalue weighted by atomic mass is 16.2. The van der Waals surface area contributed by atoms with E-state index in [1.54, 1.807) is 6.20 Å². The number of amides is 1. The fourth-order valence-corrected chi connectivity index (χ4v) is 3.29. The van der Waals surface area contributed by atoms with Gasteiger partial charge in [0.25, 0.3) is 0 Å². The first-order valence-electron chi connectivity index (χ1n) is 7.88. The van der Waals surface area contributed by atoms with Gasteiger partial charge < -0.3 is 10.6 Å². The predicted molar refractivity (Wildman–Crippen MR) is 89.9 cm³/mol. The van der Waals surface area contributed by atoms with Gasteiger partial charge in [0, 0.05) is 11.6 Å². The van der Waals surface area contributed by atoms with E-state index in [4.69, 9.17) is 0 Å². The maximum Gasteiger partial charge on any atom is 0.242 e. The maximum atomic E-state index is 12.7. The summed E-state index contributed by atoms with van der Waals surface area (Å²) >= 11 is 0. The lowest BCUT2D eigenvalue weighted by atomic mass is 9.77. The summed E-state index contributed by atoms with van der Waals surface area (Å²) in [6.45, 7) is 7.24. The van der Waals surface area contributed by atoms with Crippen LogP contribution in [0.2, 0.25) is 0 Å². The lowest BCUT2D eigenvalue weighted by molar-refractivity contribution is -0.121. The Balaban J connectivity index is 1.90.